The van der Waals surface area contributed by atoms with E-state index in [1.54, 1.807) is 7.11 Å². The molecular weight excluding hydrogens is 236 g/mol. The summed E-state index contributed by atoms with van der Waals surface area (Å²) in [4.78, 5) is 0. The maximum Gasteiger partial charge on any atom is 0.0852 e. The van der Waals surface area contributed by atoms with Crippen LogP contribution in [-0.2, 0) is 10.2 Å². The number of nitrogens with zero attached hydrogens (tertiary/aromatic N) is 1. The fraction of sp³-hybridized carbons (Fsp3) is 0.562. The molecule has 1 aromatic rings. The molecule has 1 N–H and O–H groups in total. The standard InChI is InChI=1S/C16H22N2O/c1-13(11-19-2)10-18-15-8-16(9-15,12-17)14-6-4-3-5-7-14/h3-7,13,15,18H,8-11H2,1-2H3. The third kappa shape index (κ3) is 3.15. The van der Waals surface area contributed by atoms with E-state index >= 15 is 0 Å². The second-order valence-corrected chi connectivity index (χ2v) is 5.63. The van der Waals surface area contributed by atoms with Gasteiger partial charge < -0.3 is 10.1 Å². The van der Waals surface area contributed by atoms with Crippen molar-refractivity contribution in [1.82, 2.24) is 5.32 Å². The first kappa shape index (κ1) is 14.0. The molecular formula is C16H22N2O. The summed E-state index contributed by atoms with van der Waals surface area (Å²) in [6.45, 7) is 3.90. The molecule has 0 aliphatic heterocycles. The van der Waals surface area contributed by atoms with E-state index in [2.05, 4.69) is 30.4 Å². The SMILES string of the molecule is COCC(C)CNC1CC(C#N)(c2ccccc2)C1. The summed E-state index contributed by atoms with van der Waals surface area (Å²) < 4.78 is 5.13. The Kier molecular flexibility index (Phi) is 4.57. The Morgan fingerprint density at radius 3 is 2.68 bits per heavy atom. The average Bonchev–Trinajstić information content (AvgIpc) is 2.39. The fourth-order valence-electron chi connectivity index (χ4n) is 2.79. The minimum Gasteiger partial charge on any atom is -0.384 e. The summed E-state index contributed by atoms with van der Waals surface area (Å²) in [5.41, 5.74) is 0.879. The van der Waals surface area contributed by atoms with Crippen LogP contribution in [0.4, 0.5) is 0 Å². The molecule has 1 unspecified atom stereocenters. The highest BCUT2D eigenvalue weighted by Gasteiger charge is 2.45. The van der Waals surface area contributed by atoms with Gasteiger partial charge in [-0.05, 0) is 24.3 Å². The molecule has 0 heterocycles. The van der Waals surface area contributed by atoms with Gasteiger partial charge in [-0.25, -0.2) is 0 Å². The van der Waals surface area contributed by atoms with Crippen LogP contribution in [0.5, 0.6) is 0 Å². The molecule has 0 saturated heterocycles. The molecule has 1 atom stereocenters. The summed E-state index contributed by atoms with van der Waals surface area (Å²) in [5, 5.41) is 13.0. The molecule has 102 valence electrons. The van der Waals surface area contributed by atoms with Gasteiger partial charge in [-0.15, -0.1) is 0 Å². The topological polar surface area (TPSA) is 45.0 Å². The van der Waals surface area contributed by atoms with E-state index in [-0.39, 0.29) is 5.41 Å². The Hall–Kier alpha value is -1.37. The number of hydrogen-bond donors (Lipinski definition) is 1. The number of hydrogen-bond acceptors (Lipinski definition) is 3. The molecule has 0 spiro atoms. The van der Waals surface area contributed by atoms with Crippen molar-refractivity contribution in [3.05, 3.63) is 35.9 Å². The smallest absolute Gasteiger partial charge is 0.0852 e. The summed E-state index contributed by atoms with van der Waals surface area (Å²) in [6.07, 6.45) is 1.82. The van der Waals surface area contributed by atoms with Gasteiger partial charge >= 0.3 is 0 Å². The van der Waals surface area contributed by atoms with Gasteiger partial charge in [0.2, 0.25) is 0 Å². The third-order valence-corrected chi connectivity index (χ3v) is 3.94. The van der Waals surface area contributed by atoms with Crippen molar-refractivity contribution in [2.45, 2.75) is 31.2 Å². The Morgan fingerprint density at radius 2 is 2.11 bits per heavy atom. The van der Waals surface area contributed by atoms with Crippen LogP contribution in [0.2, 0.25) is 0 Å². The van der Waals surface area contributed by atoms with Gasteiger partial charge in [-0.1, -0.05) is 37.3 Å². The van der Waals surface area contributed by atoms with Gasteiger partial charge in [0.05, 0.1) is 11.5 Å². The second kappa shape index (κ2) is 6.18. The van der Waals surface area contributed by atoms with Gasteiger partial charge in [-0.3, -0.25) is 0 Å². The van der Waals surface area contributed by atoms with E-state index < -0.39 is 0 Å². The summed E-state index contributed by atoms with van der Waals surface area (Å²) in [5.74, 6) is 0.513. The van der Waals surface area contributed by atoms with Crippen LogP contribution in [0.1, 0.15) is 25.3 Å². The minimum atomic E-state index is -0.274. The van der Waals surface area contributed by atoms with E-state index in [1.807, 2.05) is 18.2 Å². The molecule has 1 aliphatic rings. The molecule has 1 aliphatic carbocycles. The molecule has 1 saturated carbocycles. The van der Waals surface area contributed by atoms with Gasteiger partial charge in [0.15, 0.2) is 0 Å². The Labute approximate surface area is 115 Å². The van der Waals surface area contributed by atoms with Crippen molar-refractivity contribution in [1.29, 1.82) is 5.26 Å². The Balaban J connectivity index is 1.85. The number of ether oxygens (including phenoxy) is 1. The van der Waals surface area contributed by atoms with Crippen LogP contribution >= 0.6 is 0 Å². The van der Waals surface area contributed by atoms with Gasteiger partial charge in [-0.2, -0.15) is 5.26 Å². The van der Waals surface area contributed by atoms with Crippen molar-refractivity contribution in [2.75, 3.05) is 20.3 Å². The summed E-state index contributed by atoms with van der Waals surface area (Å²) in [6, 6.07) is 13.1. The molecule has 0 bridgehead atoms. The zero-order valence-electron chi connectivity index (χ0n) is 11.7. The molecule has 19 heavy (non-hydrogen) atoms. The number of nitrogens with one attached hydrogen (secondary N) is 1. The highest BCUT2D eigenvalue weighted by Crippen LogP contribution is 2.43. The highest BCUT2D eigenvalue weighted by molar-refractivity contribution is 5.36. The first-order valence-electron chi connectivity index (χ1n) is 6.89. The van der Waals surface area contributed by atoms with E-state index in [0.717, 1.165) is 31.6 Å². The minimum absolute atomic E-state index is 0.274. The predicted octanol–water partition coefficient (Wildman–Crippen LogP) is 2.48. The largest absolute Gasteiger partial charge is 0.384 e. The van der Waals surface area contributed by atoms with E-state index in [9.17, 15) is 5.26 Å². The van der Waals surface area contributed by atoms with Crippen LogP contribution < -0.4 is 5.32 Å². The van der Waals surface area contributed by atoms with Crippen molar-refractivity contribution < 1.29 is 4.74 Å². The molecule has 0 amide bonds. The first-order chi connectivity index (χ1) is 9.20. The molecule has 3 nitrogen and oxygen atoms in total. The van der Waals surface area contributed by atoms with Crippen LogP contribution in [-0.4, -0.2) is 26.3 Å². The van der Waals surface area contributed by atoms with Gasteiger partial charge in [0, 0.05) is 26.3 Å². The molecule has 1 aromatic carbocycles. The maximum absolute atomic E-state index is 9.47. The number of nitriles is 1. The van der Waals surface area contributed by atoms with Crippen molar-refractivity contribution >= 4 is 0 Å². The number of methoxy groups -OCH3 is 1. The Morgan fingerprint density at radius 1 is 1.42 bits per heavy atom. The normalized spacial score (nSPS) is 27.3. The Bertz CT molecular complexity index is 432. The van der Waals surface area contributed by atoms with Gasteiger partial charge in [0.25, 0.3) is 0 Å². The van der Waals surface area contributed by atoms with Crippen LogP contribution in [0, 0.1) is 17.2 Å². The van der Waals surface area contributed by atoms with Crippen molar-refractivity contribution in [2.24, 2.45) is 5.92 Å². The molecule has 0 aromatic heterocycles. The third-order valence-electron chi connectivity index (χ3n) is 3.94. The summed E-state index contributed by atoms with van der Waals surface area (Å²) >= 11 is 0. The first-order valence-corrected chi connectivity index (χ1v) is 6.89. The average molecular weight is 258 g/mol. The van der Waals surface area contributed by atoms with E-state index in [1.165, 1.54) is 0 Å². The maximum atomic E-state index is 9.47. The van der Waals surface area contributed by atoms with E-state index in [0.29, 0.717) is 12.0 Å². The van der Waals surface area contributed by atoms with Crippen LogP contribution in [0.3, 0.4) is 0 Å². The van der Waals surface area contributed by atoms with Crippen molar-refractivity contribution in [3.8, 4) is 6.07 Å². The number of benzene rings is 1. The van der Waals surface area contributed by atoms with Gasteiger partial charge in [0.1, 0.15) is 0 Å². The quantitative estimate of drug-likeness (QED) is 0.852. The predicted molar refractivity (Wildman–Crippen MR) is 75.8 cm³/mol. The van der Waals surface area contributed by atoms with Crippen LogP contribution in [0.15, 0.2) is 30.3 Å². The monoisotopic (exact) mass is 258 g/mol. The lowest BCUT2D eigenvalue weighted by atomic mass is 9.62. The zero-order chi connectivity index (χ0) is 13.7. The van der Waals surface area contributed by atoms with Crippen LogP contribution in [0.25, 0.3) is 0 Å². The highest BCUT2D eigenvalue weighted by atomic mass is 16.5. The molecule has 0 radical (unpaired) electrons. The molecule has 1 fully saturated rings. The number of rotatable bonds is 6. The van der Waals surface area contributed by atoms with Crippen molar-refractivity contribution in [3.63, 3.8) is 0 Å². The molecule has 3 heteroatoms. The lowest BCUT2D eigenvalue weighted by molar-refractivity contribution is 0.147. The second-order valence-electron chi connectivity index (χ2n) is 5.63. The summed E-state index contributed by atoms with van der Waals surface area (Å²) in [7, 11) is 1.73. The lowest BCUT2D eigenvalue weighted by Crippen LogP contribution is -2.51. The lowest BCUT2D eigenvalue weighted by Gasteiger charge is -2.43. The zero-order valence-corrected chi connectivity index (χ0v) is 11.7. The molecule has 2 rings (SSSR count). The fourth-order valence-corrected chi connectivity index (χ4v) is 2.79. The van der Waals surface area contributed by atoms with E-state index in [4.69, 9.17) is 4.74 Å².